The number of hydrogen-bond acceptors (Lipinski definition) is 6. The van der Waals surface area contributed by atoms with Crippen LogP contribution >= 0.6 is 0 Å². The molecule has 5 atom stereocenters. The molecule has 41 heavy (non-hydrogen) atoms. The fourth-order valence-electron chi connectivity index (χ4n) is 4.99. The van der Waals surface area contributed by atoms with Gasteiger partial charge in [-0.2, -0.15) is 0 Å². The molecular formula is C35H38O6. The summed E-state index contributed by atoms with van der Waals surface area (Å²) in [5.74, 6) is 0. The molecule has 1 heterocycles. The van der Waals surface area contributed by atoms with Crippen LogP contribution in [0.4, 0.5) is 0 Å². The fourth-order valence-corrected chi connectivity index (χ4v) is 4.99. The van der Waals surface area contributed by atoms with Crippen LogP contribution in [0.3, 0.4) is 0 Å². The highest BCUT2D eigenvalue weighted by atomic mass is 16.6. The molecule has 0 amide bonds. The van der Waals surface area contributed by atoms with Gasteiger partial charge in [0.05, 0.1) is 39.6 Å². The van der Waals surface area contributed by atoms with Crippen molar-refractivity contribution in [2.24, 2.45) is 0 Å². The van der Waals surface area contributed by atoms with Crippen LogP contribution in [0.25, 0.3) is 0 Å². The second-order valence-electron chi connectivity index (χ2n) is 10.2. The zero-order valence-corrected chi connectivity index (χ0v) is 23.2. The normalized spacial score (nSPS) is 21.4. The van der Waals surface area contributed by atoms with Crippen LogP contribution in [0.5, 0.6) is 0 Å². The maximum absolute atomic E-state index is 10.4. The summed E-state index contributed by atoms with van der Waals surface area (Å²) in [6.45, 7) is 1.59. The van der Waals surface area contributed by atoms with Crippen LogP contribution in [0, 0.1) is 0 Å². The standard InChI is InChI=1S/C35H38O6/c36-21-31(37-22-27-13-5-1-6-14-27)33-35(40-25-30-19-11-4-12-20-30)34(39-24-29-17-9-3-10-18-29)32(26-41-33)38-23-28-15-7-2-8-16-28/h1-20,31-36H,21-26H2/t31-,32?,33?,34?,35-/m1/s1. The lowest BCUT2D eigenvalue weighted by atomic mass is 9.95. The van der Waals surface area contributed by atoms with Crippen molar-refractivity contribution in [1.29, 1.82) is 0 Å². The Morgan fingerprint density at radius 2 is 0.976 bits per heavy atom. The Morgan fingerprint density at radius 3 is 1.44 bits per heavy atom. The van der Waals surface area contributed by atoms with Crippen molar-refractivity contribution in [2.45, 2.75) is 56.9 Å². The third-order valence-corrected chi connectivity index (χ3v) is 7.20. The number of hydrogen-bond donors (Lipinski definition) is 1. The van der Waals surface area contributed by atoms with Crippen LogP contribution in [0.1, 0.15) is 22.3 Å². The van der Waals surface area contributed by atoms with E-state index in [1.807, 2.05) is 121 Å². The van der Waals surface area contributed by atoms with Gasteiger partial charge < -0.3 is 28.8 Å². The fraction of sp³-hybridized carbons (Fsp3) is 0.314. The number of benzene rings is 4. The zero-order chi connectivity index (χ0) is 28.1. The van der Waals surface area contributed by atoms with Crippen LogP contribution in [0.2, 0.25) is 0 Å². The second kappa shape index (κ2) is 15.6. The minimum Gasteiger partial charge on any atom is -0.394 e. The molecule has 214 valence electrons. The molecule has 1 aliphatic heterocycles. The first-order valence-corrected chi connectivity index (χ1v) is 14.1. The summed E-state index contributed by atoms with van der Waals surface area (Å²) in [6, 6.07) is 40.0. The lowest BCUT2D eigenvalue weighted by Gasteiger charge is -2.44. The maximum atomic E-state index is 10.4. The van der Waals surface area contributed by atoms with Crippen molar-refractivity contribution in [3.8, 4) is 0 Å². The Hall–Kier alpha value is -3.36. The van der Waals surface area contributed by atoms with Gasteiger partial charge in [-0.3, -0.25) is 0 Å². The lowest BCUT2D eigenvalue weighted by molar-refractivity contribution is -0.262. The predicted octanol–water partition coefficient (Wildman–Crippen LogP) is 5.72. The smallest absolute Gasteiger partial charge is 0.115 e. The van der Waals surface area contributed by atoms with Gasteiger partial charge in [0.1, 0.15) is 30.5 Å². The SMILES string of the molecule is OC[C@@H](OCc1ccccc1)C1OCC(OCc2ccccc2)C(OCc2ccccc2)[C@@H]1OCc1ccccc1. The van der Waals surface area contributed by atoms with Gasteiger partial charge in [-0.1, -0.05) is 121 Å². The van der Waals surface area contributed by atoms with Crippen LogP contribution in [-0.4, -0.2) is 48.8 Å². The van der Waals surface area contributed by atoms with Crippen molar-refractivity contribution >= 4 is 0 Å². The van der Waals surface area contributed by atoms with Gasteiger partial charge in [0.25, 0.3) is 0 Å². The average molecular weight is 555 g/mol. The first-order valence-electron chi connectivity index (χ1n) is 14.1. The van der Waals surface area contributed by atoms with E-state index in [1.54, 1.807) is 0 Å². The molecule has 3 unspecified atom stereocenters. The first kappa shape index (κ1) is 29.1. The van der Waals surface area contributed by atoms with Crippen molar-refractivity contribution < 1.29 is 28.8 Å². The lowest BCUT2D eigenvalue weighted by Crippen LogP contribution is -2.60. The molecule has 6 heteroatoms. The van der Waals surface area contributed by atoms with E-state index < -0.39 is 24.4 Å². The van der Waals surface area contributed by atoms with E-state index in [9.17, 15) is 5.11 Å². The maximum Gasteiger partial charge on any atom is 0.115 e. The van der Waals surface area contributed by atoms with Gasteiger partial charge >= 0.3 is 0 Å². The van der Waals surface area contributed by atoms with E-state index in [0.29, 0.717) is 26.4 Å². The van der Waals surface area contributed by atoms with Crippen molar-refractivity contribution in [3.63, 3.8) is 0 Å². The molecule has 1 fully saturated rings. The van der Waals surface area contributed by atoms with Crippen molar-refractivity contribution in [2.75, 3.05) is 13.2 Å². The van der Waals surface area contributed by atoms with Crippen molar-refractivity contribution in [3.05, 3.63) is 144 Å². The molecule has 5 rings (SSSR count). The molecule has 0 aromatic heterocycles. The van der Waals surface area contributed by atoms with Crippen LogP contribution < -0.4 is 0 Å². The predicted molar refractivity (Wildman–Crippen MR) is 157 cm³/mol. The average Bonchev–Trinajstić information content (AvgIpc) is 3.04. The van der Waals surface area contributed by atoms with Gasteiger partial charge in [0, 0.05) is 0 Å². The zero-order valence-electron chi connectivity index (χ0n) is 23.2. The van der Waals surface area contributed by atoms with E-state index in [4.69, 9.17) is 23.7 Å². The molecule has 1 N–H and O–H groups in total. The Balaban J connectivity index is 1.38. The van der Waals surface area contributed by atoms with Crippen molar-refractivity contribution in [1.82, 2.24) is 0 Å². The molecular weight excluding hydrogens is 516 g/mol. The molecule has 0 spiro atoms. The number of rotatable bonds is 14. The highest BCUT2D eigenvalue weighted by Crippen LogP contribution is 2.29. The largest absolute Gasteiger partial charge is 0.394 e. The van der Waals surface area contributed by atoms with Gasteiger partial charge in [-0.05, 0) is 22.3 Å². The van der Waals surface area contributed by atoms with E-state index in [2.05, 4.69) is 0 Å². The van der Waals surface area contributed by atoms with Gasteiger partial charge in [-0.15, -0.1) is 0 Å². The molecule has 1 aliphatic rings. The minimum atomic E-state index is -0.617. The third kappa shape index (κ3) is 8.57. The van der Waals surface area contributed by atoms with E-state index in [-0.39, 0.29) is 19.3 Å². The van der Waals surface area contributed by atoms with E-state index in [1.165, 1.54) is 0 Å². The Kier molecular flexibility index (Phi) is 11.1. The van der Waals surface area contributed by atoms with Crippen LogP contribution in [0.15, 0.2) is 121 Å². The number of aliphatic hydroxyl groups is 1. The monoisotopic (exact) mass is 554 g/mol. The Bertz CT molecular complexity index is 1260. The summed E-state index contributed by atoms with van der Waals surface area (Å²) in [7, 11) is 0. The molecule has 6 nitrogen and oxygen atoms in total. The van der Waals surface area contributed by atoms with Crippen LogP contribution in [-0.2, 0) is 50.1 Å². The molecule has 0 saturated carbocycles. The molecule has 4 aromatic carbocycles. The Labute approximate surface area is 242 Å². The topological polar surface area (TPSA) is 66.4 Å². The van der Waals surface area contributed by atoms with E-state index in [0.717, 1.165) is 22.3 Å². The second-order valence-corrected chi connectivity index (χ2v) is 10.2. The summed E-state index contributed by atoms with van der Waals surface area (Å²) in [5, 5.41) is 10.4. The van der Waals surface area contributed by atoms with Gasteiger partial charge in [0.2, 0.25) is 0 Å². The summed E-state index contributed by atoms with van der Waals surface area (Å²) in [4.78, 5) is 0. The summed E-state index contributed by atoms with van der Waals surface area (Å²) in [6.07, 6.45) is -2.58. The third-order valence-electron chi connectivity index (χ3n) is 7.20. The highest BCUT2D eigenvalue weighted by molar-refractivity contribution is 5.16. The molecule has 0 bridgehead atoms. The summed E-state index contributed by atoms with van der Waals surface area (Å²) >= 11 is 0. The molecule has 1 saturated heterocycles. The summed E-state index contributed by atoms with van der Waals surface area (Å²) in [5.41, 5.74) is 4.17. The number of aliphatic hydroxyl groups excluding tert-OH is 1. The summed E-state index contributed by atoms with van der Waals surface area (Å²) < 4.78 is 32.2. The molecule has 0 aliphatic carbocycles. The Morgan fingerprint density at radius 1 is 0.561 bits per heavy atom. The quantitative estimate of drug-likeness (QED) is 0.215. The molecule has 4 aromatic rings. The minimum absolute atomic E-state index is 0.219. The van der Waals surface area contributed by atoms with Gasteiger partial charge in [-0.25, -0.2) is 0 Å². The molecule has 0 radical (unpaired) electrons. The highest BCUT2D eigenvalue weighted by Gasteiger charge is 2.46. The first-order chi connectivity index (χ1) is 20.3. The van der Waals surface area contributed by atoms with E-state index >= 15 is 0 Å². The number of ether oxygens (including phenoxy) is 5. The van der Waals surface area contributed by atoms with Gasteiger partial charge in [0.15, 0.2) is 0 Å².